The number of H-pyrrole nitrogens is 1. The molecule has 0 unspecified atom stereocenters. The maximum Gasteiger partial charge on any atom is 0.258 e. The smallest absolute Gasteiger partial charge is 0.258 e. The number of aryl methyl sites for hydroxylation is 2. The number of halogens is 1. The second kappa shape index (κ2) is 9.09. The van der Waals surface area contributed by atoms with E-state index in [1.54, 1.807) is 25.5 Å². The minimum absolute atomic E-state index is 0.172. The van der Waals surface area contributed by atoms with Crippen molar-refractivity contribution in [2.45, 2.75) is 26.7 Å². The van der Waals surface area contributed by atoms with Crippen LogP contribution in [0.1, 0.15) is 25.5 Å². The van der Waals surface area contributed by atoms with Gasteiger partial charge in [0, 0.05) is 47.6 Å². The molecule has 4 aromatic rings. The maximum atomic E-state index is 15.0. The molecule has 0 radical (unpaired) electrons. The number of aromatic nitrogens is 3. The van der Waals surface area contributed by atoms with Gasteiger partial charge in [0.05, 0.1) is 23.7 Å². The highest BCUT2D eigenvalue weighted by Gasteiger charge is 2.24. The summed E-state index contributed by atoms with van der Waals surface area (Å²) in [6.45, 7) is 3.81. The number of pyridine rings is 1. The van der Waals surface area contributed by atoms with Crippen LogP contribution in [0, 0.1) is 18.7 Å². The zero-order valence-electron chi connectivity index (χ0n) is 20.3. The van der Waals surface area contributed by atoms with Crippen LogP contribution >= 0.6 is 0 Å². The zero-order chi connectivity index (χ0) is 25.6. The number of hydrogen-bond acceptors (Lipinski definition) is 5. The number of rotatable bonds is 8. The van der Waals surface area contributed by atoms with E-state index >= 15 is 4.39 Å². The van der Waals surface area contributed by atoms with Crippen LogP contribution in [0.2, 0.25) is 0 Å². The molecule has 0 aliphatic heterocycles. The number of benzene rings is 2. The first-order valence-corrected chi connectivity index (χ1v) is 13.4. The standard InChI is InChI=1S/C26H27FN4O4S/c1-4-36(33,34)30-24-10-20(25(11-23(24)27)35-14-16-5-6-16)22-13-31(3)26(32)18-8-7-17(9-19(18)22)21-12-28-29-15(21)2/h7-13,16,30H,4-6,14H2,1-3H3,(H,28,29). The molecule has 36 heavy (non-hydrogen) atoms. The molecule has 8 nitrogen and oxygen atoms in total. The molecule has 0 bridgehead atoms. The molecule has 0 saturated heterocycles. The van der Waals surface area contributed by atoms with Gasteiger partial charge in [0.1, 0.15) is 5.75 Å². The number of anilines is 1. The van der Waals surface area contributed by atoms with E-state index in [1.807, 2.05) is 19.1 Å². The Balaban J connectivity index is 1.76. The average molecular weight is 511 g/mol. The number of sulfonamides is 1. The maximum absolute atomic E-state index is 15.0. The molecule has 2 aromatic carbocycles. The first-order chi connectivity index (χ1) is 17.2. The summed E-state index contributed by atoms with van der Waals surface area (Å²) in [7, 11) is -2.07. The van der Waals surface area contributed by atoms with Crippen molar-refractivity contribution in [2.24, 2.45) is 13.0 Å². The third kappa shape index (κ3) is 4.60. The van der Waals surface area contributed by atoms with Crippen molar-refractivity contribution in [3.05, 3.63) is 64.6 Å². The average Bonchev–Trinajstić information content (AvgIpc) is 3.59. The van der Waals surface area contributed by atoms with E-state index in [0.29, 0.717) is 40.2 Å². The van der Waals surface area contributed by atoms with Gasteiger partial charge in [0.25, 0.3) is 5.56 Å². The SMILES string of the molecule is CCS(=O)(=O)Nc1cc(-c2cn(C)c(=O)c3ccc(-c4c[nH]nc4C)cc23)c(OCC2CC2)cc1F. The fourth-order valence-electron chi connectivity index (χ4n) is 4.19. The highest BCUT2D eigenvalue weighted by atomic mass is 32.2. The number of nitrogens with zero attached hydrogens (tertiary/aromatic N) is 2. The van der Waals surface area contributed by atoms with Crippen LogP contribution in [-0.4, -0.2) is 35.5 Å². The summed E-state index contributed by atoms with van der Waals surface area (Å²) in [5, 5.41) is 8.17. The molecule has 188 valence electrons. The van der Waals surface area contributed by atoms with Crippen LogP contribution in [0.25, 0.3) is 33.0 Å². The molecule has 2 aromatic heterocycles. The van der Waals surface area contributed by atoms with Crippen LogP contribution in [-0.2, 0) is 17.1 Å². The van der Waals surface area contributed by atoms with Gasteiger partial charge >= 0.3 is 0 Å². The molecule has 2 N–H and O–H groups in total. The summed E-state index contributed by atoms with van der Waals surface area (Å²) in [5.74, 6) is -0.210. The summed E-state index contributed by atoms with van der Waals surface area (Å²) < 4.78 is 49.3. The van der Waals surface area contributed by atoms with E-state index in [4.69, 9.17) is 4.74 Å². The van der Waals surface area contributed by atoms with Gasteiger partial charge in [-0.3, -0.25) is 14.6 Å². The fraction of sp³-hybridized carbons (Fsp3) is 0.308. The lowest BCUT2D eigenvalue weighted by Gasteiger charge is -2.18. The molecule has 10 heteroatoms. The molecular weight excluding hydrogens is 483 g/mol. The van der Waals surface area contributed by atoms with E-state index in [-0.39, 0.29) is 17.0 Å². The molecule has 2 heterocycles. The van der Waals surface area contributed by atoms with Gasteiger partial charge in [-0.05, 0) is 61.8 Å². The normalized spacial score (nSPS) is 13.8. The minimum Gasteiger partial charge on any atom is -0.493 e. The summed E-state index contributed by atoms with van der Waals surface area (Å²) in [5.41, 5.74) is 3.33. The molecule has 5 rings (SSSR count). The topological polar surface area (TPSA) is 106 Å². The van der Waals surface area contributed by atoms with E-state index < -0.39 is 15.8 Å². The molecule has 1 aliphatic carbocycles. The number of nitrogens with one attached hydrogen (secondary N) is 2. The van der Waals surface area contributed by atoms with Crippen molar-refractivity contribution < 1.29 is 17.5 Å². The number of hydrogen-bond donors (Lipinski definition) is 2. The number of ether oxygens (including phenoxy) is 1. The fourth-order valence-corrected chi connectivity index (χ4v) is 4.83. The first kappa shape index (κ1) is 24.1. The third-order valence-electron chi connectivity index (χ3n) is 6.50. The second-order valence-corrected chi connectivity index (χ2v) is 11.2. The van der Waals surface area contributed by atoms with Crippen molar-refractivity contribution in [3.8, 4) is 28.0 Å². The Morgan fingerprint density at radius 3 is 2.61 bits per heavy atom. The predicted octanol–water partition coefficient (Wildman–Crippen LogP) is 4.59. The molecular formula is C26H27FN4O4S. The first-order valence-electron chi connectivity index (χ1n) is 11.8. The van der Waals surface area contributed by atoms with Crippen molar-refractivity contribution >= 4 is 26.5 Å². The lowest BCUT2D eigenvalue weighted by atomic mass is 9.95. The molecule has 0 amide bonds. The Hall–Kier alpha value is -3.66. The molecule has 1 saturated carbocycles. The van der Waals surface area contributed by atoms with Crippen LogP contribution in [0.15, 0.2) is 47.5 Å². The molecule has 1 fully saturated rings. The van der Waals surface area contributed by atoms with Crippen LogP contribution in [0.4, 0.5) is 10.1 Å². The molecule has 1 aliphatic rings. The highest BCUT2D eigenvalue weighted by Crippen LogP contribution is 2.40. The Morgan fingerprint density at radius 1 is 1.17 bits per heavy atom. The Kier molecular flexibility index (Phi) is 6.07. The van der Waals surface area contributed by atoms with Crippen molar-refractivity contribution in [3.63, 3.8) is 0 Å². The molecule has 0 atom stereocenters. The predicted molar refractivity (Wildman–Crippen MR) is 138 cm³/mol. The van der Waals surface area contributed by atoms with Gasteiger partial charge in [0.15, 0.2) is 5.82 Å². The summed E-state index contributed by atoms with van der Waals surface area (Å²) in [6, 6.07) is 8.18. The van der Waals surface area contributed by atoms with Gasteiger partial charge in [-0.15, -0.1) is 0 Å². The lowest BCUT2D eigenvalue weighted by Crippen LogP contribution is -2.17. The second-order valence-electron chi connectivity index (χ2n) is 9.19. The zero-order valence-corrected chi connectivity index (χ0v) is 21.1. The Morgan fingerprint density at radius 2 is 1.94 bits per heavy atom. The third-order valence-corrected chi connectivity index (χ3v) is 7.79. The van der Waals surface area contributed by atoms with Gasteiger partial charge in [0.2, 0.25) is 10.0 Å². The Bertz CT molecular complexity index is 1640. The van der Waals surface area contributed by atoms with Crippen molar-refractivity contribution in [1.29, 1.82) is 0 Å². The van der Waals surface area contributed by atoms with Gasteiger partial charge in [-0.1, -0.05) is 6.07 Å². The van der Waals surface area contributed by atoms with Crippen molar-refractivity contribution in [1.82, 2.24) is 14.8 Å². The summed E-state index contributed by atoms with van der Waals surface area (Å²) in [4.78, 5) is 13.0. The summed E-state index contributed by atoms with van der Waals surface area (Å²) in [6.07, 6.45) is 5.58. The van der Waals surface area contributed by atoms with E-state index in [9.17, 15) is 13.2 Å². The highest BCUT2D eigenvalue weighted by molar-refractivity contribution is 7.92. The largest absolute Gasteiger partial charge is 0.493 e. The van der Waals surface area contributed by atoms with Crippen LogP contribution in [0.3, 0.4) is 0 Å². The van der Waals surface area contributed by atoms with E-state index in [1.165, 1.54) is 23.6 Å². The minimum atomic E-state index is -3.72. The van der Waals surface area contributed by atoms with Gasteiger partial charge < -0.3 is 9.30 Å². The van der Waals surface area contributed by atoms with Gasteiger partial charge in [-0.2, -0.15) is 5.10 Å². The Labute approximate surface area is 208 Å². The monoisotopic (exact) mass is 510 g/mol. The van der Waals surface area contributed by atoms with Gasteiger partial charge in [-0.25, -0.2) is 12.8 Å². The van der Waals surface area contributed by atoms with Crippen molar-refractivity contribution in [2.75, 3.05) is 17.1 Å². The number of fused-ring (bicyclic) bond motifs is 1. The quantitative estimate of drug-likeness (QED) is 0.361. The number of aromatic amines is 1. The molecule has 0 spiro atoms. The van der Waals surface area contributed by atoms with E-state index in [2.05, 4.69) is 14.9 Å². The van der Waals surface area contributed by atoms with Crippen LogP contribution in [0.5, 0.6) is 5.75 Å². The van der Waals surface area contributed by atoms with E-state index in [0.717, 1.165) is 29.7 Å². The lowest BCUT2D eigenvalue weighted by molar-refractivity contribution is 0.299. The summed E-state index contributed by atoms with van der Waals surface area (Å²) >= 11 is 0. The van der Waals surface area contributed by atoms with Crippen LogP contribution < -0.4 is 15.0 Å².